The molecule has 4 rings (SSSR count). The lowest BCUT2D eigenvalue weighted by atomic mass is 10.1. The van der Waals surface area contributed by atoms with Crippen LogP contribution in [0.25, 0.3) is 11.3 Å². The molecule has 0 aliphatic carbocycles. The van der Waals surface area contributed by atoms with Crippen LogP contribution in [-0.4, -0.2) is 55.7 Å². The summed E-state index contributed by atoms with van der Waals surface area (Å²) >= 11 is 1.36. The Morgan fingerprint density at radius 3 is 2.26 bits per heavy atom. The van der Waals surface area contributed by atoms with Crippen LogP contribution in [-0.2, 0) is 16.4 Å². The average molecular weight is 459 g/mol. The fraction of sp³-hybridized carbons (Fsp3) is 0.364. The first-order chi connectivity index (χ1) is 15.0. The number of thiophene rings is 1. The smallest absolute Gasteiger partial charge is 0.252 e. The van der Waals surface area contributed by atoms with Gasteiger partial charge in [-0.3, -0.25) is 0 Å². The maximum absolute atomic E-state index is 12.9. The number of ether oxygens (including phenoxy) is 1. The van der Waals surface area contributed by atoms with Gasteiger partial charge in [-0.05, 0) is 61.9 Å². The third kappa shape index (κ3) is 4.73. The van der Waals surface area contributed by atoms with E-state index in [9.17, 15) is 8.42 Å². The number of hydrogen-bond acceptors (Lipinski definition) is 7. The van der Waals surface area contributed by atoms with Crippen LogP contribution in [0.1, 0.15) is 18.7 Å². The van der Waals surface area contributed by atoms with Crippen molar-refractivity contribution >= 4 is 27.2 Å². The Kier molecular flexibility index (Phi) is 6.54. The first-order valence-electron chi connectivity index (χ1n) is 10.4. The van der Waals surface area contributed by atoms with Crippen molar-refractivity contribution in [3.05, 3.63) is 53.4 Å². The van der Waals surface area contributed by atoms with Gasteiger partial charge in [0, 0.05) is 36.6 Å². The number of rotatable bonds is 7. The first-order valence-corrected chi connectivity index (χ1v) is 12.7. The van der Waals surface area contributed by atoms with Crippen molar-refractivity contribution < 1.29 is 13.2 Å². The Morgan fingerprint density at radius 2 is 1.68 bits per heavy atom. The summed E-state index contributed by atoms with van der Waals surface area (Å²) in [5.41, 5.74) is 1.76. The Labute approximate surface area is 187 Å². The molecule has 0 bridgehead atoms. The summed E-state index contributed by atoms with van der Waals surface area (Å²) in [6.45, 7) is 6.66. The van der Waals surface area contributed by atoms with E-state index < -0.39 is 10.0 Å². The van der Waals surface area contributed by atoms with Crippen molar-refractivity contribution in [2.24, 2.45) is 0 Å². The van der Waals surface area contributed by atoms with E-state index >= 15 is 0 Å². The molecule has 0 spiro atoms. The van der Waals surface area contributed by atoms with Gasteiger partial charge in [0.05, 0.1) is 12.3 Å². The van der Waals surface area contributed by atoms with Crippen LogP contribution in [0.5, 0.6) is 5.75 Å². The Hall–Kier alpha value is -2.49. The molecule has 0 amide bonds. The second-order valence-corrected chi connectivity index (χ2v) is 10.5. The van der Waals surface area contributed by atoms with Gasteiger partial charge in [0.15, 0.2) is 5.82 Å². The molecule has 164 valence electrons. The van der Waals surface area contributed by atoms with E-state index in [1.807, 2.05) is 56.3 Å². The number of hydrogen-bond donors (Lipinski definition) is 0. The highest BCUT2D eigenvalue weighted by molar-refractivity contribution is 7.91. The molecular weight excluding hydrogens is 432 g/mol. The molecule has 0 atom stereocenters. The Balaban J connectivity index is 1.39. The number of anilines is 1. The minimum atomic E-state index is -3.43. The zero-order valence-electron chi connectivity index (χ0n) is 17.7. The van der Waals surface area contributed by atoms with Crippen LogP contribution in [0.2, 0.25) is 0 Å². The van der Waals surface area contributed by atoms with Gasteiger partial charge in [-0.25, -0.2) is 8.42 Å². The van der Waals surface area contributed by atoms with Gasteiger partial charge in [0.2, 0.25) is 0 Å². The lowest BCUT2D eigenvalue weighted by Gasteiger charge is -2.34. The fourth-order valence-corrected chi connectivity index (χ4v) is 6.38. The summed E-state index contributed by atoms with van der Waals surface area (Å²) in [7, 11) is -3.43. The van der Waals surface area contributed by atoms with Crippen molar-refractivity contribution in [2.45, 2.75) is 24.5 Å². The number of nitrogens with zero attached hydrogens (tertiary/aromatic N) is 4. The van der Waals surface area contributed by atoms with Crippen LogP contribution < -0.4 is 9.64 Å². The molecular formula is C22H26N4O3S2. The molecule has 1 fully saturated rings. The molecule has 9 heteroatoms. The first kappa shape index (κ1) is 21.7. The third-order valence-electron chi connectivity index (χ3n) is 5.25. The largest absolute Gasteiger partial charge is 0.494 e. The van der Waals surface area contributed by atoms with Gasteiger partial charge >= 0.3 is 0 Å². The van der Waals surface area contributed by atoms with E-state index in [0.717, 1.165) is 34.1 Å². The van der Waals surface area contributed by atoms with Crippen LogP contribution in [0.4, 0.5) is 5.82 Å². The molecule has 2 aromatic heterocycles. The third-order valence-corrected chi connectivity index (χ3v) is 8.85. The van der Waals surface area contributed by atoms with E-state index in [2.05, 4.69) is 15.1 Å². The van der Waals surface area contributed by atoms with Crippen LogP contribution in [0.3, 0.4) is 0 Å². The highest BCUT2D eigenvalue weighted by Gasteiger charge is 2.30. The average Bonchev–Trinajstić information content (AvgIpc) is 3.31. The second kappa shape index (κ2) is 9.33. The van der Waals surface area contributed by atoms with Gasteiger partial charge in [-0.2, -0.15) is 4.31 Å². The summed E-state index contributed by atoms with van der Waals surface area (Å²) in [4.78, 5) is 3.16. The molecule has 0 radical (unpaired) electrons. The van der Waals surface area contributed by atoms with Crippen molar-refractivity contribution in [1.29, 1.82) is 0 Å². The molecule has 0 saturated carbocycles. The van der Waals surface area contributed by atoms with E-state index in [1.165, 1.54) is 11.3 Å². The number of sulfonamides is 1. The van der Waals surface area contributed by atoms with Gasteiger partial charge < -0.3 is 9.64 Å². The predicted octanol–water partition coefficient (Wildman–Crippen LogP) is 3.68. The highest BCUT2D eigenvalue weighted by Crippen LogP contribution is 2.27. The monoisotopic (exact) mass is 458 g/mol. The van der Waals surface area contributed by atoms with Crippen LogP contribution in [0.15, 0.2) is 52.7 Å². The normalized spacial score (nSPS) is 15.2. The lowest BCUT2D eigenvalue weighted by Crippen LogP contribution is -2.48. The maximum Gasteiger partial charge on any atom is 0.252 e. The molecule has 3 heterocycles. The summed E-state index contributed by atoms with van der Waals surface area (Å²) in [6, 6.07) is 15.3. The molecule has 7 nitrogen and oxygen atoms in total. The topological polar surface area (TPSA) is 75.6 Å². The van der Waals surface area contributed by atoms with E-state index in [1.54, 1.807) is 10.4 Å². The Bertz CT molecular complexity index is 1100. The molecule has 1 aliphatic rings. The second-order valence-electron chi connectivity index (χ2n) is 7.20. The van der Waals surface area contributed by atoms with Crippen molar-refractivity contribution in [2.75, 3.05) is 37.7 Å². The molecule has 0 unspecified atom stereocenters. The summed E-state index contributed by atoms with van der Waals surface area (Å²) in [5, 5.41) is 8.74. The SMILES string of the molecule is CCOc1ccc(-c2ccc(N3CCN(S(=O)(=O)c4ccc(CC)s4)CC3)nn2)cc1. The highest BCUT2D eigenvalue weighted by atomic mass is 32.2. The molecule has 1 aliphatic heterocycles. The lowest BCUT2D eigenvalue weighted by molar-refractivity contribution is 0.340. The van der Waals surface area contributed by atoms with E-state index in [-0.39, 0.29) is 0 Å². The zero-order valence-corrected chi connectivity index (χ0v) is 19.3. The van der Waals surface area contributed by atoms with Gasteiger partial charge in [-0.1, -0.05) is 6.92 Å². The number of aryl methyl sites for hydroxylation is 1. The molecule has 1 aromatic carbocycles. The number of piperazine rings is 1. The minimum Gasteiger partial charge on any atom is -0.494 e. The molecule has 3 aromatic rings. The molecule has 1 saturated heterocycles. The number of benzene rings is 1. The Morgan fingerprint density at radius 1 is 0.935 bits per heavy atom. The minimum absolute atomic E-state index is 0.428. The van der Waals surface area contributed by atoms with E-state index in [0.29, 0.717) is 37.0 Å². The quantitative estimate of drug-likeness (QED) is 0.538. The summed E-state index contributed by atoms with van der Waals surface area (Å²) in [5.74, 6) is 1.59. The van der Waals surface area contributed by atoms with Crippen molar-refractivity contribution in [3.8, 4) is 17.0 Å². The standard InChI is InChI=1S/C22H26N4O3S2/c1-3-19-9-12-22(30-19)31(27,28)26-15-13-25(14-16-26)21-11-10-20(23-24-21)17-5-7-18(8-6-17)29-4-2/h5-12H,3-4,13-16H2,1-2H3. The molecule has 0 N–H and O–H groups in total. The van der Waals surface area contributed by atoms with Gasteiger partial charge in [-0.15, -0.1) is 21.5 Å². The van der Waals surface area contributed by atoms with Gasteiger partial charge in [0.1, 0.15) is 9.96 Å². The van der Waals surface area contributed by atoms with Crippen molar-refractivity contribution in [3.63, 3.8) is 0 Å². The predicted molar refractivity (Wildman–Crippen MR) is 123 cm³/mol. The summed E-state index contributed by atoms with van der Waals surface area (Å²) < 4.78 is 33.3. The number of aromatic nitrogens is 2. The van der Waals surface area contributed by atoms with E-state index in [4.69, 9.17) is 4.74 Å². The van der Waals surface area contributed by atoms with Crippen molar-refractivity contribution in [1.82, 2.24) is 14.5 Å². The molecule has 31 heavy (non-hydrogen) atoms. The zero-order chi connectivity index (χ0) is 21.8. The van der Waals surface area contributed by atoms with Gasteiger partial charge in [0.25, 0.3) is 10.0 Å². The maximum atomic E-state index is 12.9. The fourth-order valence-electron chi connectivity index (χ4n) is 3.51. The summed E-state index contributed by atoms with van der Waals surface area (Å²) in [6.07, 6.45) is 0.847. The van der Waals surface area contributed by atoms with Crippen LogP contribution >= 0.6 is 11.3 Å². The van der Waals surface area contributed by atoms with Crippen LogP contribution in [0, 0.1) is 0 Å².